The second-order valence-electron chi connectivity index (χ2n) is 5.36. The quantitative estimate of drug-likeness (QED) is 0.733. The summed E-state index contributed by atoms with van der Waals surface area (Å²) in [7, 11) is 1.92. The van der Waals surface area contributed by atoms with Crippen LogP contribution in [0.15, 0.2) is 12.1 Å². The van der Waals surface area contributed by atoms with Gasteiger partial charge in [0.1, 0.15) is 0 Å². The molecule has 1 aliphatic heterocycles. The van der Waals surface area contributed by atoms with Gasteiger partial charge in [-0.05, 0) is 51.0 Å². The summed E-state index contributed by atoms with van der Waals surface area (Å²) in [4.78, 5) is 0. The van der Waals surface area contributed by atoms with Gasteiger partial charge in [-0.3, -0.25) is 0 Å². The molecule has 2 nitrogen and oxygen atoms in total. The molecule has 0 unspecified atom stereocenters. The number of rotatable bonds is 1. The van der Waals surface area contributed by atoms with E-state index in [4.69, 9.17) is 5.73 Å². The van der Waals surface area contributed by atoms with Crippen LogP contribution in [-0.4, -0.2) is 7.05 Å². The minimum atomic E-state index is 0.152. The molecule has 0 aliphatic carbocycles. The molecule has 1 aromatic rings. The van der Waals surface area contributed by atoms with E-state index in [1.807, 2.05) is 18.8 Å². The molecule has 88 valence electrons. The van der Waals surface area contributed by atoms with Crippen LogP contribution in [0.2, 0.25) is 0 Å². The highest BCUT2D eigenvalue weighted by Gasteiger charge is 2.43. The van der Waals surface area contributed by atoms with Crippen molar-refractivity contribution >= 4 is 23.1 Å². The first kappa shape index (κ1) is 11.6. The number of fused-ring (bicyclic) bond motifs is 1. The van der Waals surface area contributed by atoms with Crippen LogP contribution < -0.4 is 11.1 Å². The van der Waals surface area contributed by atoms with Gasteiger partial charge in [-0.15, -0.1) is 11.8 Å². The summed E-state index contributed by atoms with van der Waals surface area (Å²) in [6.45, 7) is 9.09. The smallest absolute Gasteiger partial charge is 0.0574 e. The van der Waals surface area contributed by atoms with Crippen molar-refractivity contribution in [2.24, 2.45) is 0 Å². The number of thioether (sulfide) groups is 1. The van der Waals surface area contributed by atoms with Crippen LogP contribution in [0.1, 0.15) is 38.8 Å². The average molecular weight is 236 g/mol. The van der Waals surface area contributed by atoms with E-state index < -0.39 is 0 Å². The number of nitrogen functional groups attached to an aromatic ring is 1. The SMILES string of the molecule is CNc1cc2c(cc1N)C(C)(C)SC2(C)C. The first-order valence-corrected chi connectivity index (χ1v) is 6.42. The minimum Gasteiger partial charge on any atom is -0.397 e. The topological polar surface area (TPSA) is 38.0 Å². The maximum atomic E-state index is 6.04. The van der Waals surface area contributed by atoms with Crippen molar-refractivity contribution in [3.05, 3.63) is 23.3 Å². The van der Waals surface area contributed by atoms with Gasteiger partial charge in [0.2, 0.25) is 0 Å². The normalized spacial score (nSPS) is 20.6. The molecule has 0 saturated carbocycles. The zero-order valence-electron chi connectivity index (χ0n) is 10.6. The Hall–Kier alpha value is -0.830. The van der Waals surface area contributed by atoms with E-state index in [1.54, 1.807) is 0 Å². The standard InChI is InChI=1S/C13H20N2S/c1-12(2)8-6-10(14)11(15-5)7-9(8)13(3,4)16-12/h6-7,15H,14H2,1-5H3. The molecule has 0 aromatic heterocycles. The zero-order chi connectivity index (χ0) is 12.1. The third-order valence-electron chi connectivity index (χ3n) is 3.27. The molecule has 16 heavy (non-hydrogen) atoms. The van der Waals surface area contributed by atoms with Gasteiger partial charge < -0.3 is 11.1 Å². The van der Waals surface area contributed by atoms with Crippen molar-refractivity contribution in [1.82, 2.24) is 0 Å². The summed E-state index contributed by atoms with van der Waals surface area (Å²) < 4.78 is 0.317. The summed E-state index contributed by atoms with van der Waals surface area (Å²) >= 11 is 2.00. The first-order chi connectivity index (χ1) is 7.28. The Morgan fingerprint density at radius 1 is 1.06 bits per heavy atom. The zero-order valence-corrected chi connectivity index (χ0v) is 11.5. The molecule has 0 bridgehead atoms. The van der Waals surface area contributed by atoms with Gasteiger partial charge >= 0.3 is 0 Å². The maximum Gasteiger partial charge on any atom is 0.0574 e. The molecule has 1 aromatic carbocycles. The number of benzene rings is 1. The molecule has 0 saturated heterocycles. The van der Waals surface area contributed by atoms with E-state index in [0.29, 0.717) is 0 Å². The van der Waals surface area contributed by atoms with Crippen LogP contribution in [0, 0.1) is 0 Å². The number of nitrogens with one attached hydrogen (secondary N) is 1. The Labute approximate surface area is 102 Å². The molecule has 2 rings (SSSR count). The fourth-order valence-corrected chi connectivity index (χ4v) is 4.41. The third-order valence-corrected chi connectivity index (χ3v) is 4.73. The lowest BCUT2D eigenvalue weighted by atomic mass is 9.89. The van der Waals surface area contributed by atoms with Crippen molar-refractivity contribution in [3.8, 4) is 0 Å². The monoisotopic (exact) mass is 236 g/mol. The summed E-state index contributed by atoms with van der Waals surface area (Å²) in [6, 6.07) is 4.33. The molecule has 1 aliphatic rings. The van der Waals surface area contributed by atoms with Crippen molar-refractivity contribution in [1.29, 1.82) is 0 Å². The predicted octanol–water partition coefficient (Wildman–Crippen LogP) is 3.53. The molecule has 0 fully saturated rings. The van der Waals surface area contributed by atoms with E-state index in [1.165, 1.54) is 11.1 Å². The summed E-state index contributed by atoms with van der Waals surface area (Å²) in [5.74, 6) is 0. The van der Waals surface area contributed by atoms with Crippen molar-refractivity contribution in [2.45, 2.75) is 37.2 Å². The lowest BCUT2D eigenvalue weighted by Gasteiger charge is -2.22. The fraction of sp³-hybridized carbons (Fsp3) is 0.538. The highest BCUT2D eigenvalue weighted by Crippen LogP contribution is 2.58. The second kappa shape index (κ2) is 3.33. The summed E-state index contributed by atoms with van der Waals surface area (Å²) in [5.41, 5.74) is 10.7. The van der Waals surface area contributed by atoms with Crippen LogP contribution >= 0.6 is 11.8 Å². The third kappa shape index (κ3) is 1.58. The van der Waals surface area contributed by atoms with Crippen molar-refractivity contribution in [3.63, 3.8) is 0 Å². The number of hydrogen-bond donors (Lipinski definition) is 2. The molecule has 3 N–H and O–H groups in total. The van der Waals surface area contributed by atoms with Gasteiger partial charge in [-0.25, -0.2) is 0 Å². The largest absolute Gasteiger partial charge is 0.397 e. The fourth-order valence-electron chi connectivity index (χ4n) is 2.58. The average Bonchev–Trinajstić information content (AvgIpc) is 2.31. The molecule has 0 radical (unpaired) electrons. The summed E-state index contributed by atoms with van der Waals surface area (Å²) in [5, 5.41) is 3.16. The highest BCUT2D eigenvalue weighted by molar-refractivity contribution is 8.01. The van der Waals surface area contributed by atoms with Crippen LogP contribution in [0.5, 0.6) is 0 Å². The Morgan fingerprint density at radius 3 is 2.06 bits per heavy atom. The van der Waals surface area contributed by atoms with E-state index in [2.05, 4.69) is 45.1 Å². The van der Waals surface area contributed by atoms with E-state index in [0.717, 1.165) is 11.4 Å². The van der Waals surface area contributed by atoms with Crippen LogP contribution in [-0.2, 0) is 9.49 Å². The Morgan fingerprint density at radius 2 is 1.56 bits per heavy atom. The van der Waals surface area contributed by atoms with E-state index >= 15 is 0 Å². The lowest BCUT2D eigenvalue weighted by Crippen LogP contribution is -2.09. The number of hydrogen-bond acceptors (Lipinski definition) is 3. The summed E-state index contributed by atoms with van der Waals surface area (Å²) in [6.07, 6.45) is 0. The Bertz CT molecular complexity index is 436. The van der Waals surface area contributed by atoms with Gasteiger partial charge in [0, 0.05) is 16.5 Å². The van der Waals surface area contributed by atoms with Crippen LogP contribution in [0.3, 0.4) is 0 Å². The van der Waals surface area contributed by atoms with Crippen molar-refractivity contribution in [2.75, 3.05) is 18.1 Å². The molecular weight excluding hydrogens is 216 g/mol. The second-order valence-corrected chi connectivity index (χ2v) is 7.60. The predicted molar refractivity (Wildman–Crippen MR) is 74.0 cm³/mol. The van der Waals surface area contributed by atoms with Crippen molar-refractivity contribution < 1.29 is 0 Å². The van der Waals surface area contributed by atoms with E-state index in [-0.39, 0.29) is 9.49 Å². The molecule has 1 heterocycles. The van der Waals surface area contributed by atoms with E-state index in [9.17, 15) is 0 Å². The first-order valence-electron chi connectivity index (χ1n) is 5.60. The molecule has 3 heteroatoms. The van der Waals surface area contributed by atoms with Gasteiger partial charge in [-0.2, -0.15) is 0 Å². The van der Waals surface area contributed by atoms with Gasteiger partial charge in [0.15, 0.2) is 0 Å². The number of anilines is 2. The lowest BCUT2D eigenvalue weighted by molar-refractivity contribution is 0.788. The molecule has 0 atom stereocenters. The molecule has 0 spiro atoms. The Balaban J connectivity index is 2.67. The Kier molecular flexibility index (Phi) is 2.42. The van der Waals surface area contributed by atoms with Crippen LogP contribution in [0.25, 0.3) is 0 Å². The van der Waals surface area contributed by atoms with Gasteiger partial charge in [0.25, 0.3) is 0 Å². The molecular formula is C13H20N2S. The number of nitrogens with two attached hydrogens (primary N) is 1. The van der Waals surface area contributed by atoms with Gasteiger partial charge in [-0.1, -0.05) is 0 Å². The maximum absolute atomic E-state index is 6.04. The minimum absolute atomic E-state index is 0.152. The van der Waals surface area contributed by atoms with Crippen LogP contribution in [0.4, 0.5) is 11.4 Å². The molecule has 0 amide bonds. The van der Waals surface area contributed by atoms with Gasteiger partial charge in [0.05, 0.1) is 11.4 Å². The highest BCUT2D eigenvalue weighted by atomic mass is 32.2.